The molecule has 0 aliphatic carbocycles. The summed E-state index contributed by atoms with van der Waals surface area (Å²) >= 11 is 0. The van der Waals surface area contributed by atoms with Gasteiger partial charge in [-0.2, -0.15) is 0 Å². The lowest BCUT2D eigenvalue weighted by Gasteiger charge is -2.15. The summed E-state index contributed by atoms with van der Waals surface area (Å²) in [5.41, 5.74) is 6.07. The van der Waals surface area contributed by atoms with Gasteiger partial charge in [-0.25, -0.2) is 4.39 Å². The van der Waals surface area contributed by atoms with E-state index in [4.69, 9.17) is 15.2 Å². The Kier molecular flexibility index (Phi) is 6.24. The van der Waals surface area contributed by atoms with Crippen LogP contribution in [0.15, 0.2) is 18.2 Å². The summed E-state index contributed by atoms with van der Waals surface area (Å²) in [5.74, 6) is -0.814. The Morgan fingerprint density at radius 1 is 1.53 bits per heavy atom. The van der Waals surface area contributed by atoms with Gasteiger partial charge in [-0.3, -0.25) is 4.79 Å². The maximum atomic E-state index is 13.6. The summed E-state index contributed by atoms with van der Waals surface area (Å²) < 4.78 is 23.7. The molecule has 1 aromatic carbocycles. The molecular formula is C13H19FN2O3. The molecule has 0 bridgehead atoms. The zero-order chi connectivity index (χ0) is 14.3. The zero-order valence-corrected chi connectivity index (χ0v) is 11.1. The molecule has 19 heavy (non-hydrogen) atoms. The van der Waals surface area contributed by atoms with Crippen molar-refractivity contribution in [2.75, 3.05) is 20.3 Å². The molecule has 0 radical (unpaired) electrons. The molecule has 6 heteroatoms. The summed E-state index contributed by atoms with van der Waals surface area (Å²) in [6, 6.07) is 4.43. The number of benzene rings is 1. The predicted octanol–water partition coefficient (Wildman–Crippen LogP) is 0.814. The number of hydrogen-bond acceptors (Lipinski definition) is 4. The minimum atomic E-state index is -0.782. The number of rotatable bonds is 7. The van der Waals surface area contributed by atoms with Crippen LogP contribution in [0.3, 0.4) is 0 Å². The number of nitrogens with one attached hydrogen (secondary N) is 1. The van der Waals surface area contributed by atoms with Crippen LogP contribution in [0.25, 0.3) is 0 Å². The van der Waals surface area contributed by atoms with Crippen molar-refractivity contribution >= 4 is 5.91 Å². The lowest BCUT2D eigenvalue weighted by Crippen LogP contribution is -2.38. The first kappa shape index (κ1) is 15.4. The minimum Gasteiger partial charge on any atom is -0.478 e. The quantitative estimate of drug-likeness (QED) is 0.719. The maximum Gasteiger partial charge on any atom is 0.260 e. The maximum absolute atomic E-state index is 13.6. The van der Waals surface area contributed by atoms with E-state index in [0.717, 1.165) is 0 Å². The van der Waals surface area contributed by atoms with E-state index >= 15 is 0 Å². The normalized spacial score (nSPS) is 12.0. The smallest absolute Gasteiger partial charge is 0.260 e. The van der Waals surface area contributed by atoms with Gasteiger partial charge in [0.05, 0.1) is 6.61 Å². The fraction of sp³-hybridized carbons (Fsp3) is 0.462. The van der Waals surface area contributed by atoms with E-state index in [1.807, 2.05) is 0 Å². The van der Waals surface area contributed by atoms with Crippen molar-refractivity contribution in [1.82, 2.24) is 5.32 Å². The Morgan fingerprint density at radius 3 is 2.84 bits per heavy atom. The second kappa shape index (κ2) is 7.70. The Hall–Kier alpha value is -1.66. The minimum absolute atomic E-state index is 0.0339. The largest absolute Gasteiger partial charge is 0.478 e. The topological polar surface area (TPSA) is 73.6 Å². The second-order valence-electron chi connectivity index (χ2n) is 4.01. The molecule has 0 heterocycles. The van der Waals surface area contributed by atoms with Crippen LogP contribution in [0.2, 0.25) is 0 Å². The molecule has 1 aromatic rings. The Balaban J connectivity index is 2.56. The highest BCUT2D eigenvalue weighted by Crippen LogP contribution is 2.19. The van der Waals surface area contributed by atoms with Gasteiger partial charge in [-0.05, 0) is 24.6 Å². The Bertz CT molecular complexity index is 426. The molecule has 1 rings (SSSR count). The SMILES string of the molecule is COCCNC(=O)C(C)Oc1ccc(CN)cc1F. The number of carbonyl (C=O) groups excluding carboxylic acids is 1. The summed E-state index contributed by atoms with van der Waals surface area (Å²) in [6.07, 6.45) is -0.782. The van der Waals surface area contributed by atoms with Crippen LogP contribution in [-0.2, 0) is 16.1 Å². The number of methoxy groups -OCH3 is 1. The van der Waals surface area contributed by atoms with Crippen molar-refractivity contribution in [2.24, 2.45) is 5.73 Å². The number of amides is 1. The summed E-state index contributed by atoms with van der Waals surface area (Å²) in [6.45, 7) is 2.61. The number of nitrogens with two attached hydrogens (primary N) is 1. The lowest BCUT2D eigenvalue weighted by atomic mass is 10.2. The van der Waals surface area contributed by atoms with E-state index in [9.17, 15) is 9.18 Å². The van der Waals surface area contributed by atoms with Crippen molar-refractivity contribution in [3.63, 3.8) is 0 Å². The van der Waals surface area contributed by atoms with E-state index in [-0.39, 0.29) is 18.2 Å². The summed E-state index contributed by atoms with van der Waals surface area (Å²) in [7, 11) is 1.54. The van der Waals surface area contributed by atoms with Crippen molar-refractivity contribution in [1.29, 1.82) is 0 Å². The monoisotopic (exact) mass is 270 g/mol. The van der Waals surface area contributed by atoms with Crippen LogP contribution in [0, 0.1) is 5.82 Å². The standard InChI is InChI=1S/C13H19FN2O3/c1-9(13(17)16-5-6-18-2)19-12-4-3-10(8-15)7-11(12)14/h3-4,7,9H,5-6,8,15H2,1-2H3,(H,16,17). The molecule has 1 unspecified atom stereocenters. The summed E-state index contributed by atoms with van der Waals surface area (Å²) in [5, 5.41) is 2.61. The number of carbonyl (C=O) groups is 1. The Labute approximate surface area is 111 Å². The van der Waals surface area contributed by atoms with E-state index in [2.05, 4.69) is 5.32 Å². The van der Waals surface area contributed by atoms with E-state index in [1.54, 1.807) is 20.1 Å². The predicted molar refractivity (Wildman–Crippen MR) is 69.3 cm³/mol. The average Bonchev–Trinajstić information content (AvgIpc) is 2.41. The lowest BCUT2D eigenvalue weighted by molar-refractivity contribution is -0.127. The summed E-state index contributed by atoms with van der Waals surface area (Å²) in [4.78, 5) is 11.6. The van der Waals surface area contributed by atoms with Gasteiger partial charge in [-0.1, -0.05) is 6.07 Å². The van der Waals surface area contributed by atoms with Crippen LogP contribution in [0.4, 0.5) is 4.39 Å². The highest BCUT2D eigenvalue weighted by molar-refractivity contribution is 5.80. The van der Waals surface area contributed by atoms with Crippen LogP contribution >= 0.6 is 0 Å². The van der Waals surface area contributed by atoms with Crippen LogP contribution in [-0.4, -0.2) is 32.3 Å². The molecule has 0 aliphatic heterocycles. The van der Waals surface area contributed by atoms with Gasteiger partial charge in [-0.15, -0.1) is 0 Å². The fourth-order valence-electron chi connectivity index (χ4n) is 1.43. The van der Waals surface area contributed by atoms with Gasteiger partial charge in [0, 0.05) is 20.2 Å². The molecule has 1 atom stereocenters. The van der Waals surface area contributed by atoms with E-state index in [0.29, 0.717) is 18.7 Å². The van der Waals surface area contributed by atoms with Gasteiger partial charge in [0.15, 0.2) is 17.7 Å². The molecule has 5 nitrogen and oxygen atoms in total. The van der Waals surface area contributed by atoms with Gasteiger partial charge in [0.1, 0.15) is 0 Å². The zero-order valence-electron chi connectivity index (χ0n) is 11.1. The first-order valence-electron chi connectivity index (χ1n) is 6.00. The second-order valence-corrected chi connectivity index (χ2v) is 4.01. The number of hydrogen-bond donors (Lipinski definition) is 2. The van der Waals surface area contributed by atoms with Crippen molar-refractivity contribution in [2.45, 2.75) is 19.6 Å². The van der Waals surface area contributed by atoms with Gasteiger partial charge in [0.2, 0.25) is 0 Å². The third kappa shape index (κ3) is 4.84. The van der Waals surface area contributed by atoms with Crippen LogP contribution < -0.4 is 15.8 Å². The molecule has 3 N–H and O–H groups in total. The molecule has 106 valence electrons. The number of ether oxygens (including phenoxy) is 2. The molecule has 0 saturated carbocycles. The van der Waals surface area contributed by atoms with Crippen LogP contribution in [0.1, 0.15) is 12.5 Å². The van der Waals surface area contributed by atoms with Crippen LogP contribution in [0.5, 0.6) is 5.75 Å². The molecule has 0 saturated heterocycles. The first-order valence-corrected chi connectivity index (χ1v) is 6.00. The average molecular weight is 270 g/mol. The van der Waals surface area contributed by atoms with E-state index in [1.165, 1.54) is 12.1 Å². The molecule has 1 amide bonds. The molecule has 0 spiro atoms. The third-order valence-corrected chi connectivity index (χ3v) is 2.51. The molecule has 0 fully saturated rings. The van der Waals surface area contributed by atoms with Crippen molar-refractivity contribution in [3.8, 4) is 5.75 Å². The molecule has 0 aliphatic rings. The fourth-order valence-corrected chi connectivity index (χ4v) is 1.43. The number of halogens is 1. The van der Waals surface area contributed by atoms with Gasteiger partial charge in [0.25, 0.3) is 5.91 Å². The highest BCUT2D eigenvalue weighted by atomic mass is 19.1. The van der Waals surface area contributed by atoms with Crippen molar-refractivity contribution < 1.29 is 18.7 Å². The highest BCUT2D eigenvalue weighted by Gasteiger charge is 2.16. The van der Waals surface area contributed by atoms with E-state index < -0.39 is 11.9 Å². The van der Waals surface area contributed by atoms with Gasteiger partial charge < -0.3 is 20.5 Å². The van der Waals surface area contributed by atoms with Gasteiger partial charge >= 0.3 is 0 Å². The molecular weight excluding hydrogens is 251 g/mol. The third-order valence-electron chi connectivity index (χ3n) is 2.51. The van der Waals surface area contributed by atoms with Crippen molar-refractivity contribution in [3.05, 3.63) is 29.6 Å². The first-order chi connectivity index (χ1) is 9.08. The molecule has 0 aromatic heterocycles. The Morgan fingerprint density at radius 2 is 2.26 bits per heavy atom.